The first kappa shape index (κ1) is 14.5. The fourth-order valence-corrected chi connectivity index (χ4v) is 3.78. The van der Waals surface area contributed by atoms with Gasteiger partial charge in [0.05, 0.1) is 12.5 Å². The molecule has 2 fully saturated rings. The van der Waals surface area contributed by atoms with Crippen LogP contribution in [-0.4, -0.2) is 37.3 Å². The first-order valence-electron chi connectivity index (χ1n) is 8.21. The lowest BCUT2D eigenvalue weighted by atomic mass is 9.69. The largest absolute Gasteiger partial charge is 0.497 e. The highest BCUT2D eigenvalue weighted by atomic mass is 16.5. The molecule has 1 aromatic carbocycles. The number of aromatic nitrogens is 1. The first-order chi connectivity index (χ1) is 11.3. The zero-order valence-corrected chi connectivity index (χ0v) is 13.2. The Bertz CT molecular complexity index is 727. The van der Waals surface area contributed by atoms with Gasteiger partial charge in [0.2, 0.25) is 0 Å². The second-order valence-electron chi connectivity index (χ2n) is 6.47. The number of ether oxygens (including phenoxy) is 1. The maximum atomic E-state index is 12.6. The van der Waals surface area contributed by atoms with Gasteiger partial charge in [0, 0.05) is 18.7 Å². The molecular formula is C17H21N3O3. The monoisotopic (exact) mass is 315 g/mol. The maximum Gasteiger partial charge on any atom is 0.274 e. The van der Waals surface area contributed by atoms with Gasteiger partial charge in [-0.3, -0.25) is 4.79 Å². The van der Waals surface area contributed by atoms with Crippen LogP contribution in [-0.2, 0) is 0 Å². The number of nitrogens with one attached hydrogen (secondary N) is 2. The summed E-state index contributed by atoms with van der Waals surface area (Å²) in [5, 5.41) is 11.3. The summed E-state index contributed by atoms with van der Waals surface area (Å²) in [6.07, 6.45) is 3.70. The van der Waals surface area contributed by atoms with E-state index in [0.717, 1.165) is 24.4 Å². The predicted octanol–water partition coefficient (Wildman–Crippen LogP) is 1.95. The second kappa shape index (κ2) is 5.85. The molecule has 0 bridgehead atoms. The average Bonchev–Trinajstić information content (AvgIpc) is 2.90. The van der Waals surface area contributed by atoms with Crippen molar-refractivity contribution in [2.45, 2.75) is 25.3 Å². The van der Waals surface area contributed by atoms with E-state index in [1.54, 1.807) is 13.2 Å². The molecule has 2 N–H and O–H groups in total. The maximum absolute atomic E-state index is 12.6. The normalized spacial score (nSPS) is 26.9. The Kier molecular flexibility index (Phi) is 3.69. The van der Waals surface area contributed by atoms with Gasteiger partial charge in [-0.2, -0.15) is 0 Å². The van der Waals surface area contributed by atoms with Crippen LogP contribution in [0.1, 0.15) is 29.8 Å². The van der Waals surface area contributed by atoms with Gasteiger partial charge in [0.1, 0.15) is 5.75 Å². The van der Waals surface area contributed by atoms with Gasteiger partial charge in [-0.05, 0) is 49.8 Å². The van der Waals surface area contributed by atoms with E-state index in [9.17, 15) is 4.79 Å². The number of amides is 1. The number of benzene rings is 1. The van der Waals surface area contributed by atoms with Crippen LogP contribution in [0.4, 0.5) is 0 Å². The fraction of sp³-hybridized carbons (Fsp3) is 0.529. The topological polar surface area (TPSA) is 76.4 Å². The van der Waals surface area contributed by atoms with Crippen molar-refractivity contribution < 1.29 is 14.1 Å². The van der Waals surface area contributed by atoms with Crippen LogP contribution in [0.3, 0.4) is 0 Å². The molecule has 6 nitrogen and oxygen atoms in total. The summed E-state index contributed by atoms with van der Waals surface area (Å²) < 4.78 is 10.4. The van der Waals surface area contributed by atoms with Crippen molar-refractivity contribution in [2.75, 3.05) is 20.2 Å². The molecule has 1 saturated carbocycles. The number of carbonyl (C=O) groups excluding carboxylic acids is 1. The number of hydrogen-bond acceptors (Lipinski definition) is 5. The third kappa shape index (κ3) is 2.57. The van der Waals surface area contributed by atoms with Crippen molar-refractivity contribution in [3.8, 4) is 5.75 Å². The predicted molar refractivity (Wildman–Crippen MR) is 85.5 cm³/mol. The Morgan fingerprint density at radius 2 is 2.30 bits per heavy atom. The van der Waals surface area contributed by atoms with Crippen molar-refractivity contribution in [1.29, 1.82) is 0 Å². The minimum Gasteiger partial charge on any atom is -0.497 e. The lowest BCUT2D eigenvalue weighted by Crippen LogP contribution is -2.49. The molecule has 1 aliphatic heterocycles. The molecular weight excluding hydrogens is 294 g/mol. The molecule has 0 spiro atoms. The summed E-state index contributed by atoms with van der Waals surface area (Å²) >= 11 is 0. The number of nitrogens with zero attached hydrogens (tertiary/aromatic N) is 1. The van der Waals surface area contributed by atoms with E-state index in [-0.39, 0.29) is 11.9 Å². The van der Waals surface area contributed by atoms with Gasteiger partial charge in [0.25, 0.3) is 5.91 Å². The van der Waals surface area contributed by atoms with Gasteiger partial charge in [0.15, 0.2) is 11.3 Å². The lowest BCUT2D eigenvalue weighted by Gasteiger charge is -2.40. The van der Waals surface area contributed by atoms with Crippen molar-refractivity contribution in [3.63, 3.8) is 0 Å². The molecule has 3 atom stereocenters. The molecule has 23 heavy (non-hydrogen) atoms. The molecule has 2 heterocycles. The zero-order valence-electron chi connectivity index (χ0n) is 13.2. The van der Waals surface area contributed by atoms with Gasteiger partial charge < -0.3 is 19.9 Å². The second-order valence-corrected chi connectivity index (χ2v) is 6.47. The van der Waals surface area contributed by atoms with Crippen molar-refractivity contribution in [2.24, 2.45) is 11.8 Å². The summed E-state index contributed by atoms with van der Waals surface area (Å²) in [7, 11) is 1.60. The highest BCUT2D eigenvalue weighted by Gasteiger charge is 2.39. The van der Waals surface area contributed by atoms with E-state index >= 15 is 0 Å². The summed E-state index contributed by atoms with van der Waals surface area (Å²) in [5.41, 5.74) is 0.915. The van der Waals surface area contributed by atoms with Gasteiger partial charge in [-0.15, -0.1) is 0 Å². The number of methoxy groups -OCH3 is 1. The summed E-state index contributed by atoms with van der Waals surface area (Å²) in [4.78, 5) is 12.6. The Morgan fingerprint density at radius 3 is 3.09 bits per heavy atom. The fourth-order valence-electron chi connectivity index (χ4n) is 3.78. The van der Waals surface area contributed by atoms with Crippen LogP contribution in [0.2, 0.25) is 0 Å². The summed E-state index contributed by atoms with van der Waals surface area (Å²) in [6.45, 7) is 1.87. The number of carbonyl (C=O) groups is 1. The standard InChI is InChI=1S/C17H21N3O3/c1-22-11-3-5-13-15(8-11)23-20-16(13)17(21)19-14-9-18-7-6-10-2-4-12(10)14/h3,5,8,10,12,14,18H,2,4,6-7,9H2,1H3,(H,19,21)/t10?,12-,14-/m0/s1. The smallest absolute Gasteiger partial charge is 0.274 e. The molecule has 4 rings (SSSR count). The van der Waals surface area contributed by atoms with E-state index in [4.69, 9.17) is 9.26 Å². The molecule has 1 amide bonds. The van der Waals surface area contributed by atoms with Crippen molar-refractivity contribution >= 4 is 16.9 Å². The van der Waals surface area contributed by atoms with E-state index < -0.39 is 0 Å². The third-order valence-electron chi connectivity index (χ3n) is 5.26. The number of fused-ring (bicyclic) bond motifs is 2. The first-order valence-corrected chi connectivity index (χ1v) is 8.21. The molecule has 2 aliphatic rings. The van der Waals surface area contributed by atoms with Crippen LogP contribution in [0.15, 0.2) is 22.7 Å². The van der Waals surface area contributed by atoms with E-state index in [0.29, 0.717) is 22.9 Å². The van der Waals surface area contributed by atoms with Crippen LogP contribution in [0.25, 0.3) is 11.0 Å². The molecule has 0 radical (unpaired) electrons. The minimum atomic E-state index is -0.159. The molecule has 1 aromatic heterocycles. The molecule has 1 aliphatic carbocycles. The quantitative estimate of drug-likeness (QED) is 0.905. The van der Waals surface area contributed by atoms with Gasteiger partial charge >= 0.3 is 0 Å². The molecule has 122 valence electrons. The van der Waals surface area contributed by atoms with Crippen LogP contribution < -0.4 is 15.4 Å². The number of rotatable bonds is 3. The lowest BCUT2D eigenvalue weighted by molar-refractivity contribution is 0.0840. The van der Waals surface area contributed by atoms with E-state index in [2.05, 4.69) is 15.8 Å². The van der Waals surface area contributed by atoms with Crippen LogP contribution >= 0.6 is 0 Å². The summed E-state index contributed by atoms with van der Waals surface area (Å²) in [5.74, 6) is 1.86. The Hall–Kier alpha value is -2.08. The SMILES string of the molecule is COc1ccc2c(C(=O)N[C@H]3CNCCC4CC[C@@H]43)noc2c1. The van der Waals surface area contributed by atoms with E-state index in [1.807, 2.05) is 12.1 Å². The van der Waals surface area contributed by atoms with Crippen molar-refractivity contribution in [3.05, 3.63) is 23.9 Å². The Labute approximate surface area is 134 Å². The van der Waals surface area contributed by atoms with Crippen LogP contribution in [0, 0.1) is 11.8 Å². The average molecular weight is 315 g/mol. The molecule has 2 aromatic rings. The van der Waals surface area contributed by atoms with Gasteiger partial charge in [-0.1, -0.05) is 5.16 Å². The minimum absolute atomic E-state index is 0.159. The summed E-state index contributed by atoms with van der Waals surface area (Å²) in [6, 6.07) is 5.55. The highest BCUT2D eigenvalue weighted by molar-refractivity contribution is 6.04. The molecule has 1 unspecified atom stereocenters. The third-order valence-corrected chi connectivity index (χ3v) is 5.26. The molecule has 1 saturated heterocycles. The van der Waals surface area contributed by atoms with E-state index in [1.165, 1.54) is 19.3 Å². The Morgan fingerprint density at radius 1 is 1.39 bits per heavy atom. The van der Waals surface area contributed by atoms with Crippen molar-refractivity contribution in [1.82, 2.24) is 15.8 Å². The zero-order chi connectivity index (χ0) is 15.8. The van der Waals surface area contributed by atoms with Crippen LogP contribution in [0.5, 0.6) is 5.75 Å². The van der Waals surface area contributed by atoms with Gasteiger partial charge in [-0.25, -0.2) is 0 Å². The molecule has 6 heteroatoms. The highest BCUT2D eigenvalue weighted by Crippen LogP contribution is 2.40. The number of hydrogen-bond donors (Lipinski definition) is 2. The Balaban J connectivity index is 1.54.